The van der Waals surface area contributed by atoms with E-state index in [2.05, 4.69) is 26.8 Å². The van der Waals surface area contributed by atoms with Crippen LogP contribution in [0, 0.1) is 28.6 Å². The van der Waals surface area contributed by atoms with E-state index < -0.39 is 11.4 Å². The second kappa shape index (κ2) is 6.96. The number of carboxylic acid groups (broad SMARTS) is 1. The first-order valence-electron chi connectivity index (χ1n) is 9.30. The average molecular weight is 322 g/mol. The third kappa shape index (κ3) is 3.35. The van der Waals surface area contributed by atoms with Crippen LogP contribution in [0.1, 0.15) is 72.6 Å². The number of hydrogen-bond acceptors (Lipinski definition) is 2. The van der Waals surface area contributed by atoms with Gasteiger partial charge in [-0.3, -0.25) is 4.79 Å². The minimum atomic E-state index is -0.626. The van der Waals surface area contributed by atoms with Gasteiger partial charge in [-0.15, -0.1) is 0 Å². The van der Waals surface area contributed by atoms with Crippen LogP contribution in [0.25, 0.3) is 0 Å². The van der Waals surface area contributed by atoms with Gasteiger partial charge in [0, 0.05) is 6.61 Å². The van der Waals surface area contributed by atoms with Crippen molar-refractivity contribution in [3.8, 4) is 0 Å². The molecule has 23 heavy (non-hydrogen) atoms. The van der Waals surface area contributed by atoms with Crippen molar-refractivity contribution in [3.63, 3.8) is 0 Å². The van der Waals surface area contributed by atoms with E-state index in [1.807, 2.05) is 6.92 Å². The van der Waals surface area contributed by atoms with Crippen molar-refractivity contribution in [2.24, 2.45) is 28.6 Å². The fraction of sp³-hybridized carbons (Fsp3) is 0.850. The third-order valence-corrected chi connectivity index (χ3v) is 7.07. The summed E-state index contributed by atoms with van der Waals surface area (Å²) in [5.74, 6) is 0.698. The number of fused-ring (bicyclic) bond motifs is 1. The molecule has 0 aromatic carbocycles. The Balaban J connectivity index is 2.24. The number of carboxylic acids is 1. The minimum Gasteiger partial charge on any atom is -0.481 e. The first-order chi connectivity index (χ1) is 10.8. The maximum atomic E-state index is 11.9. The molecule has 0 amide bonds. The minimum absolute atomic E-state index is 0.115. The number of allylic oxidation sites excluding steroid dienone is 2. The molecule has 5 atom stereocenters. The lowest BCUT2D eigenvalue weighted by Gasteiger charge is -2.52. The maximum Gasteiger partial charge on any atom is 0.309 e. The lowest BCUT2D eigenvalue weighted by molar-refractivity contribution is -0.152. The van der Waals surface area contributed by atoms with Gasteiger partial charge in [-0.25, -0.2) is 0 Å². The maximum absolute atomic E-state index is 11.9. The van der Waals surface area contributed by atoms with Crippen molar-refractivity contribution in [3.05, 3.63) is 11.6 Å². The van der Waals surface area contributed by atoms with Crippen LogP contribution in [0.15, 0.2) is 11.6 Å². The highest BCUT2D eigenvalue weighted by Gasteiger charge is 2.52. The molecule has 1 fully saturated rings. The quantitative estimate of drug-likeness (QED) is 0.700. The van der Waals surface area contributed by atoms with Crippen LogP contribution in [-0.4, -0.2) is 22.8 Å². The van der Waals surface area contributed by atoms with E-state index in [0.29, 0.717) is 11.8 Å². The molecule has 2 aliphatic carbocycles. The van der Waals surface area contributed by atoms with Crippen LogP contribution in [0.4, 0.5) is 0 Å². The van der Waals surface area contributed by atoms with Crippen LogP contribution >= 0.6 is 0 Å². The van der Waals surface area contributed by atoms with Gasteiger partial charge in [0.15, 0.2) is 0 Å². The molecule has 0 aromatic rings. The topological polar surface area (TPSA) is 57.5 Å². The highest BCUT2D eigenvalue weighted by atomic mass is 16.4. The summed E-state index contributed by atoms with van der Waals surface area (Å²) in [6.07, 6.45) is 9.22. The number of carbonyl (C=O) groups is 1. The second-order valence-corrected chi connectivity index (χ2v) is 8.53. The first kappa shape index (κ1) is 18.5. The van der Waals surface area contributed by atoms with E-state index in [1.54, 1.807) is 0 Å². The Bertz CT molecular complexity index is 470. The molecule has 0 saturated heterocycles. The predicted molar refractivity (Wildman–Crippen MR) is 93.2 cm³/mol. The molecule has 0 bridgehead atoms. The number of aliphatic hydroxyl groups excluding tert-OH is 1. The number of rotatable bonds is 6. The summed E-state index contributed by atoms with van der Waals surface area (Å²) in [4.78, 5) is 11.9. The Morgan fingerprint density at radius 3 is 2.65 bits per heavy atom. The van der Waals surface area contributed by atoms with Gasteiger partial charge in [-0.1, -0.05) is 32.4 Å². The zero-order chi connectivity index (χ0) is 17.3. The molecular weight excluding hydrogens is 288 g/mol. The van der Waals surface area contributed by atoms with Gasteiger partial charge >= 0.3 is 5.97 Å². The van der Waals surface area contributed by atoms with E-state index in [0.717, 1.165) is 44.9 Å². The van der Waals surface area contributed by atoms with E-state index >= 15 is 0 Å². The summed E-state index contributed by atoms with van der Waals surface area (Å²) in [6, 6.07) is 0. The number of aliphatic carboxylic acids is 1. The van der Waals surface area contributed by atoms with E-state index in [1.165, 1.54) is 5.57 Å². The molecule has 3 nitrogen and oxygen atoms in total. The smallest absolute Gasteiger partial charge is 0.309 e. The third-order valence-electron chi connectivity index (χ3n) is 7.07. The van der Waals surface area contributed by atoms with Gasteiger partial charge in [0.05, 0.1) is 5.41 Å². The second-order valence-electron chi connectivity index (χ2n) is 8.53. The number of aliphatic hydroxyl groups is 1. The van der Waals surface area contributed by atoms with E-state index in [4.69, 9.17) is 5.11 Å². The average Bonchev–Trinajstić information content (AvgIpc) is 2.50. The van der Waals surface area contributed by atoms with Crippen molar-refractivity contribution in [2.75, 3.05) is 6.61 Å². The van der Waals surface area contributed by atoms with Crippen LogP contribution in [0.2, 0.25) is 0 Å². The monoisotopic (exact) mass is 322 g/mol. The number of hydrogen-bond donors (Lipinski definition) is 2. The van der Waals surface area contributed by atoms with Gasteiger partial charge in [0.2, 0.25) is 0 Å². The molecule has 2 N–H and O–H groups in total. The first-order valence-corrected chi connectivity index (χ1v) is 9.30. The van der Waals surface area contributed by atoms with Crippen LogP contribution in [-0.2, 0) is 4.79 Å². The molecule has 0 spiro atoms. The van der Waals surface area contributed by atoms with Crippen molar-refractivity contribution in [2.45, 2.75) is 72.6 Å². The molecule has 0 heterocycles. The molecule has 132 valence electrons. The van der Waals surface area contributed by atoms with Crippen LogP contribution < -0.4 is 0 Å². The molecule has 1 saturated carbocycles. The van der Waals surface area contributed by atoms with Gasteiger partial charge in [-0.05, 0) is 75.0 Å². The van der Waals surface area contributed by atoms with Gasteiger partial charge in [-0.2, -0.15) is 0 Å². The zero-order valence-electron chi connectivity index (χ0n) is 15.3. The Kier molecular flexibility index (Phi) is 5.60. The molecule has 0 radical (unpaired) electrons. The van der Waals surface area contributed by atoms with Crippen LogP contribution in [0.5, 0.6) is 0 Å². The summed E-state index contributed by atoms with van der Waals surface area (Å²) >= 11 is 0. The molecule has 2 rings (SSSR count). The molecule has 0 aromatic heterocycles. The molecule has 3 heteroatoms. The van der Waals surface area contributed by atoms with E-state index in [9.17, 15) is 9.90 Å². The Morgan fingerprint density at radius 1 is 1.35 bits per heavy atom. The normalized spacial score (nSPS) is 38.6. The van der Waals surface area contributed by atoms with Crippen molar-refractivity contribution >= 4 is 5.97 Å². The van der Waals surface area contributed by atoms with Crippen LogP contribution in [0.3, 0.4) is 0 Å². The Hall–Kier alpha value is -0.830. The lowest BCUT2D eigenvalue weighted by atomic mass is 9.51. The molecule has 0 aliphatic heterocycles. The SMILES string of the molecule is C[C@H](CCO)CC[C@]1(C)C2=CCC[C@](C)(C(=O)O)[C@H]2CC[C@H]1C. The van der Waals surface area contributed by atoms with E-state index in [-0.39, 0.29) is 17.9 Å². The summed E-state index contributed by atoms with van der Waals surface area (Å²) in [5.41, 5.74) is 0.940. The van der Waals surface area contributed by atoms with Gasteiger partial charge in [0.1, 0.15) is 0 Å². The Labute approximate surface area is 141 Å². The summed E-state index contributed by atoms with van der Waals surface area (Å²) in [5, 5.41) is 18.9. The summed E-state index contributed by atoms with van der Waals surface area (Å²) in [6.45, 7) is 9.12. The molecule has 2 aliphatic rings. The van der Waals surface area contributed by atoms with Gasteiger partial charge in [0.25, 0.3) is 0 Å². The van der Waals surface area contributed by atoms with Crippen molar-refractivity contribution in [1.29, 1.82) is 0 Å². The summed E-state index contributed by atoms with van der Waals surface area (Å²) < 4.78 is 0. The zero-order valence-corrected chi connectivity index (χ0v) is 15.3. The van der Waals surface area contributed by atoms with Gasteiger partial charge < -0.3 is 10.2 Å². The summed E-state index contributed by atoms with van der Waals surface area (Å²) in [7, 11) is 0. The van der Waals surface area contributed by atoms with Crippen molar-refractivity contribution < 1.29 is 15.0 Å². The largest absolute Gasteiger partial charge is 0.481 e. The molecule has 0 unspecified atom stereocenters. The standard InChI is InChI=1S/C20H34O3/c1-14(10-13-21)9-12-19(3)15(2)7-8-17-16(19)6-5-11-20(17,4)18(22)23/h6,14-15,17,21H,5,7-13H2,1-4H3,(H,22,23)/t14-,15+,17-,19-,20-/m0/s1. The lowest BCUT2D eigenvalue weighted by Crippen LogP contribution is -2.47. The van der Waals surface area contributed by atoms with Crippen molar-refractivity contribution in [1.82, 2.24) is 0 Å². The fourth-order valence-corrected chi connectivity index (χ4v) is 4.87. The predicted octanol–water partition coefficient (Wildman–Crippen LogP) is 4.65. The highest BCUT2D eigenvalue weighted by Crippen LogP contribution is 2.58. The fourth-order valence-electron chi connectivity index (χ4n) is 4.87. The highest BCUT2D eigenvalue weighted by molar-refractivity contribution is 5.75. The Morgan fingerprint density at radius 2 is 2.04 bits per heavy atom. The molecular formula is C20H34O3.